The Balaban J connectivity index is 2.13. The molecule has 4 nitrogen and oxygen atoms in total. The van der Waals surface area contributed by atoms with Crippen molar-refractivity contribution in [2.75, 3.05) is 0 Å². The second-order valence-electron chi connectivity index (χ2n) is 4.73. The molecule has 0 aliphatic heterocycles. The Morgan fingerprint density at radius 1 is 1.14 bits per heavy atom. The number of carbonyl (C=O) groups excluding carboxylic acids is 1. The summed E-state index contributed by atoms with van der Waals surface area (Å²) in [6.45, 7) is 0. The van der Waals surface area contributed by atoms with Crippen LogP contribution in [0.5, 0.6) is 0 Å². The Bertz CT molecular complexity index is 868. The molecule has 0 aliphatic rings. The number of hydrogen-bond acceptors (Lipinski definition) is 2. The molecule has 3 rings (SSSR count). The molecular formula is C15H10F3N3O. The van der Waals surface area contributed by atoms with Crippen molar-refractivity contribution in [3.63, 3.8) is 0 Å². The van der Waals surface area contributed by atoms with E-state index in [1.807, 2.05) is 0 Å². The molecule has 0 atom stereocenters. The standard InChI is InChI=1S/C15H10F3N3O/c16-15(17,18)10-4-5-13-12(7-10)20-8-21(13)11-3-1-2-9(6-11)14(19)22/h1-8H,(H2,19,22). The van der Waals surface area contributed by atoms with Crippen LogP contribution in [0.25, 0.3) is 16.7 Å². The van der Waals surface area contributed by atoms with Gasteiger partial charge in [-0.15, -0.1) is 0 Å². The molecule has 0 bridgehead atoms. The molecule has 1 aromatic heterocycles. The minimum Gasteiger partial charge on any atom is -0.366 e. The van der Waals surface area contributed by atoms with E-state index in [2.05, 4.69) is 4.98 Å². The fourth-order valence-corrected chi connectivity index (χ4v) is 2.20. The molecule has 0 fully saturated rings. The molecule has 0 radical (unpaired) electrons. The fraction of sp³-hybridized carbons (Fsp3) is 0.0667. The number of benzene rings is 2. The maximum Gasteiger partial charge on any atom is 0.416 e. The van der Waals surface area contributed by atoms with Gasteiger partial charge in [0.1, 0.15) is 6.33 Å². The van der Waals surface area contributed by atoms with Gasteiger partial charge < -0.3 is 5.73 Å². The molecule has 0 aliphatic carbocycles. The first-order valence-electron chi connectivity index (χ1n) is 6.31. The van der Waals surface area contributed by atoms with Gasteiger partial charge in [0.2, 0.25) is 5.91 Å². The van der Waals surface area contributed by atoms with Gasteiger partial charge in [0.15, 0.2) is 0 Å². The smallest absolute Gasteiger partial charge is 0.366 e. The minimum absolute atomic E-state index is 0.222. The highest BCUT2D eigenvalue weighted by atomic mass is 19.4. The summed E-state index contributed by atoms with van der Waals surface area (Å²) in [4.78, 5) is 15.2. The summed E-state index contributed by atoms with van der Waals surface area (Å²) < 4.78 is 39.7. The van der Waals surface area contributed by atoms with Crippen LogP contribution in [-0.2, 0) is 6.18 Å². The van der Waals surface area contributed by atoms with Gasteiger partial charge in [-0.3, -0.25) is 9.36 Å². The van der Waals surface area contributed by atoms with Crippen molar-refractivity contribution >= 4 is 16.9 Å². The Morgan fingerprint density at radius 3 is 2.59 bits per heavy atom. The predicted octanol–water partition coefficient (Wildman–Crippen LogP) is 3.14. The number of hydrogen-bond donors (Lipinski definition) is 1. The van der Waals surface area contributed by atoms with E-state index < -0.39 is 17.6 Å². The van der Waals surface area contributed by atoms with Crippen molar-refractivity contribution in [2.45, 2.75) is 6.18 Å². The summed E-state index contributed by atoms with van der Waals surface area (Å²) in [7, 11) is 0. The summed E-state index contributed by atoms with van der Waals surface area (Å²) in [5.41, 5.74) is 6.11. The number of nitrogens with zero attached hydrogens (tertiary/aromatic N) is 2. The Hall–Kier alpha value is -2.83. The van der Waals surface area contributed by atoms with Crippen LogP contribution in [-0.4, -0.2) is 15.5 Å². The predicted molar refractivity (Wildman–Crippen MR) is 74.6 cm³/mol. The molecule has 0 saturated carbocycles. The van der Waals surface area contributed by atoms with Crippen molar-refractivity contribution < 1.29 is 18.0 Å². The molecule has 0 unspecified atom stereocenters. The highest BCUT2D eigenvalue weighted by Gasteiger charge is 2.30. The van der Waals surface area contributed by atoms with Crippen molar-refractivity contribution in [2.24, 2.45) is 5.73 Å². The average Bonchev–Trinajstić information content (AvgIpc) is 2.89. The molecule has 22 heavy (non-hydrogen) atoms. The van der Waals surface area contributed by atoms with Crippen molar-refractivity contribution in [1.82, 2.24) is 9.55 Å². The Labute approximate surface area is 123 Å². The molecule has 0 saturated heterocycles. The first-order valence-corrected chi connectivity index (χ1v) is 6.31. The van der Waals surface area contributed by atoms with E-state index in [4.69, 9.17) is 5.73 Å². The van der Waals surface area contributed by atoms with Crippen LogP contribution in [0.1, 0.15) is 15.9 Å². The first kappa shape index (κ1) is 14.1. The second kappa shape index (κ2) is 4.87. The molecule has 1 amide bonds. The van der Waals surface area contributed by atoms with Crippen LogP contribution in [0, 0.1) is 0 Å². The van der Waals surface area contributed by atoms with Gasteiger partial charge in [-0.05, 0) is 36.4 Å². The average molecular weight is 305 g/mol. The lowest BCUT2D eigenvalue weighted by Crippen LogP contribution is -2.11. The number of amides is 1. The normalized spacial score (nSPS) is 11.8. The van der Waals surface area contributed by atoms with E-state index in [0.717, 1.165) is 12.1 Å². The van der Waals surface area contributed by atoms with Crippen LogP contribution in [0.2, 0.25) is 0 Å². The molecule has 7 heteroatoms. The summed E-state index contributed by atoms with van der Waals surface area (Å²) in [6.07, 6.45) is -3.01. The van der Waals surface area contributed by atoms with Crippen LogP contribution >= 0.6 is 0 Å². The molecule has 1 heterocycles. The number of alkyl halides is 3. The van der Waals surface area contributed by atoms with Gasteiger partial charge in [0.25, 0.3) is 0 Å². The topological polar surface area (TPSA) is 60.9 Å². The molecule has 0 spiro atoms. The Morgan fingerprint density at radius 2 is 1.91 bits per heavy atom. The number of halogens is 3. The van der Waals surface area contributed by atoms with Crippen LogP contribution in [0.4, 0.5) is 13.2 Å². The first-order chi connectivity index (χ1) is 10.4. The van der Waals surface area contributed by atoms with Crippen molar-refractivity contribution in [1.29, 1.82) is 0 Å². The lowest BCUT2D eigenvalue weighted by molar-refractivity contribution is -0.137. The second-order valence-corrected chi connectivity index (χ2v) is 4.73. The summed E-state index contributed by atoms with van der Waals surface area (Å²) in [6, 6.07) is 9.81. The van der Waals surface area contributed by atoms with E-state index >= 15 is 0 Å². The summed E-state index contributed by atoms with van der Waals surface area (Å²) in [5.74, 6) is -0.578. The van der Waals surface area contributed by atoms with Gasteiger partial charge in [-0.2, -0.15) is 13.2 Å². The Kier molecular flexibility index (Phi) is 3.13. The third-order valence-corrected chi connectivity index (χ3v) is 3.28. The van der Waals surface area contributed by atoms with Gasteiger partial charge in [0, 0.05) is 11.3 Å². The summed E-state index contributed by atoms with van der Waals surface area (Å²) in [5, 5.41) is 0. The third kappa shape index (κ3) is 2.41. The molecule has 2 aromatic carbocycles. The monoisotopic (exact) mass is 305 g/mol. The largest absolute Gasteiger partial charge is 0.416 e. The van der Waals surface area contributed by atoms with E-state index in [9.17, 15) is 18.0 Å². The van der Waals surface area contributed by atoms with Crippen molar-refractivity contribution in [3.8, 4) is 5.69 Å². The van der Waals surface area contributed by atoms with Gasteiger partial charge in [-0.25, -0.2) is 4.98 Å². The number of primary amides is 1. The van der Waals surface area contributed by atoms with Crippen LogP contribution in [0.15, 0.2) is 48.8 Å². The van der Waals surface area contributed by atoms with Gasteiger partial charge in [-0.1, -0.05) is 6.07 Å². The van der Waals surface area contributed by atoms with Crippen LogP contribution in [0.3, 0.4) is 0 Å². The quantitative estimate of drug-likeness (QED) is 0.790. The number of carbonyl (C=O) groups is 1. The summed E-state index contributed by atoms with van der Waals surface area (Å²) >= 11 is 0. The number of nitrogens with two attached hydrogens (primary N) is 1. The van der Waals surface area contributed by atoms with Gasteiger partial charge in [0.05, 0.1) is 16.6 Å². The lowest BCUT2D eigenvalue weighted by Gasteiger charge is -2.08. The molecule has 2 N–H and O–H groups in total. The zero-order valence-electron chi connectivity index (χ0n) is 11.1. The maximum absolute atomic E-state index is 12.7. The molecule has 112 valence electrons. The zero-order chi connectivity index (χ0) is 15.9. The highest BCUT2D eigenvalue weighted by molar-refractivity contribution is 5.93. The SMILES string of the molecule is NC(=O)c1cccc(-n2cnc3cc(C(F)(F)F)ccc32)c1. The number of rotatable bonds is 2. The van der Waals surface area contributed by atoms with E-state index in [0.29, 0.717) is 16.8 Å². The highest BCUT2D eigenvalue weighted by Crippen LogP contribution is 2.31. The van der Waals surface area contributed by atoms with E-state index in [1.54, 1.807) is 28.8 Å². The van der Waals surface area contributed by atoms with Crippen molar-refractivity contribution in [3.05, 3.63) is 59.9 Å². The number of aromatic nitrogens is 2. The third-order valence-electron chi connectivity index (χ3n) is 3.28. The van der Waals surface area contributed by atoms with E-state index in [-0.39, 0.29) is 5.52 Å². The molecule has 3 aromatic rings. The number of fused-ring (bicyclic) bond motifs is 1. The molecular weight excluding hydrogens is 295 g/mol. The minimum atomic E-state index is -4.41. The van der Waals surface area contributed by atoms with E-state index in [1.165, 1.54) is 12.4 Å². The maximum atomic E-state index is 12.7. The zero-order valence-corrected chi connectivity index (χ0v) is 11.1. The van der Waals surface area contributed by atoms with Crippen LogP contribution < -0.4 is 5.73 Å². The lowest BCUT2D eigenvalue weighted by atomic mass is 10.1. The van der Waals surface area contributed by atoms with Gasteiger partial charge >= 0.3 is 6.18 Å². The fourth-order valence-electron chi connectivity index (χ4n) is 2.20. The number of imidazole rings is 1.